The van der Waals surface area contributed by atoms with Gasteiger partial charge in [-0.25, -0.2) is 10.6 Å². The highest BCUT2D eigenvalue weighted by atomic mass is 35.5. The van der Waals surface area contributed by atoms with E-state index in [1.54, 1.807) is 18.2 Å². The standard InChI is InChI=1S/C19H20ClN7O/c20-15-11-14(5-6-16(15)27-19-23-9-10-24-19)25-17(28)12-1-3-13(4-2-12)26-18-21-7-8-22-18/h1-6,11H,7-10H2,(H,25,28)(H2,21,22,26)(H2,23,24,27)/p+2. The van der Waals surface area contributed by atoms with Gasteiger partial charge in [0.05, 0.1) is 36.9 Å². The van der Waals surface area contributed by atoms with Crippen molar-refractivity contribution in [3.8, 4) is 0 Å². The second kappa shape index (κ2) is 8.18. The van der Waals surface area contributed by atoms with Gasteiger partial charge in [-0.15, -0.1) is 0 Å². The zero-order valence-corrected chi connectivity index (χ0v) is 15.9. The molecule has 1 amide bonds. The highest BCUT2D eigenvalue weighted by Gasteiger charge is 2.16. The minimum atomic E-state index is -0.193. The number of carbonyl (C=O) groups excluding carboxylic acids is 1. The fourth-order valence-corrected chi connectivity index (χ4v) is 3.16. The molecule has 8 nitrogen and oxygen atoms in total. The Balaban J connectivity index is 1.38. The summed E-state index contributed by atoms with van der Waals surface area (Å²) in [6.07, 6.45) is 0. The first-order chi connectivity index (χ1) is 13.7. The van der Waals surface area contributed by atoms with Crippen molar-refractivity contribution in [2.45, 2.75) is 0 Å². The van der Waals surface area contributed by atoms with Crippen LogP contribution in [0.15, 0.2) is 42.5 Å². The van der Waals surface area contributed by atoms with Crippen molar-refractivity contribution in [3.63, 3.8) is 0 Å². The van der Waals surface area contributed by atoms with E-state index in [2.05, 4.69) is 36.6 Å². The van der Waals surface area contributed by atoms with E-state index in [4.69, 9.17) is 11.6 Å². The zero-order chi connectivity index (χ0) is 19.3. The third-order valence-electron chi connectivity index (χ3n) is 4.36. The molecule has 9 heteroatoms. The van der Waals surface area contributed by atoms with Crippen LogP contribution in [-0.4, -0.2) is 44.0 Å². The number of rotatable bonds is 4. The normalized spacial score (nSPS) is 15.2. The number of hydrogen-bond donors (Lipinski definition) is 7. The first-order valence-electron chi connectivity index (χ1n) is 9.12. The molecule has 0 saturated heterocycles. The SMILES string of the molecule is O=C(Nc1ccc(NC2=[NH+]CCN2)c(Cl)c1)c1ccc(NC2=[NH+]CCN2)cc1. The van der Waals surface area contributed by atoms with E-state index in [0.717, 1.165) is 49.5 Å². The molecular formula is C19H22ClN7O+2. The van der Waals surface area contributed by atoms with Crippen molar-refractivity contribution in [2.75, 3.05) is 42.1 Å². The van der Waals surface area contributed by atoms with Crippen LogP contribution in [0.2, 0.25) is 5.02 Å². The number of amides is 1. The van der Waals surface area contributed by atoms with Gasteiger partial charge >= 0.3 is 11.9 Å². The van der Waals surface area contributed by atoms with Crippen LogP contribution in [0.3, 0.4) is 0 Å². The van der Waals surface area contributed by atoms with Crippen molar-refractivity contribution in [1.82, 2.24) is 10.6 Å². The van der Waals surface area contributed by atoms with Gasteiger partial charge in [-0.05, 0) is 42.5 Å². The predicted octanol–water partition coefficient (Wildman–Crippen LogP) is -1.50. The van der Waals surface area contributed by atoms with Crippen LogP contribution in [0.25, 0.3) is 0 Å². The Morgan fingerprint density at radius 3 is 2.14 bits per heavy atom. The maximum absolute atomic E-state index is 12.5. The molecule has 2 aliphatic rings. The number of carbonyl (C=O) groups is 1. The summed E-state index contributed by atoms with van der Waals surface area (Å²) in [5.41, 5.74) is 2.86. The number of guanidine groups is 2. The Morgan fingerprint density at radius 2 is 1.54 bits per heavy atom. The number of halogens is 1. The second-order valence-corrected chi connectivity index (χ2v) is 6.84. The van der Waals surface area contributed by atoms with Gasteiger partial charge in [0.15, 0.2) is 0 Å². The zero-order valence-electron chi connectivity index (χ0n) is 15.2. The monoisotopic (exact) mass is 399 g/mol. The van der Waals surface area contributed by atoms with E-state index in [0.29, 0.717) is 16.3 Å². The molecule has 0 aliphatic carbocycles. The molecule has 0 atom stereocenters. The average Bonchev–Trinajstić information content (AvgIpc) is 3.39. The molecule has 2 aliphatic heterocycles. The molecule has 0 aromatic heterocycles. The highest BCUT2D eigenvalue weighted by Crippen LogP contribution is 2.25. The predicted molar refractivity (Wildman–Crippen MR) is 111 cm³/mol. The Labute approximate surface area is 167 Å². The van der Waals surface area contributed by atoms with Gasteiger partial charge in [0.25, 0.3) is 5.91 Å². The van der Waals surface area contributed by atoms with E-state index in [1.807, 2.05) is 24.3 Å². The molecule has 7 N–H and O–H groups in total. The van der Waals surface area contributed by atoms with Crippen molar-refractivity contribution in [3.05, 3.63) is 53.1 Å². The van der Waals surface area contributed by atoms with Crippen LogP contribution in [0, 0.1) is 0 Å². The lowest BCUT2D eigenvalue weighted by Crippen LogP contribution is -2.72. The van der Waals surface area contributed by atoms with Crippen LogP contribution < -0.4 is 36.6 Å². The molecule has 2 aromatic carbocycles. The van der Waals surface area contributed by atoms with Gasteiger partial charge in [-0.1, -0.05) is 11.6 Å². The summed E-state index contributed by atoms with van der Waals surface area (Å²) in [4.78, 5) is 18.9. The first-order valence-corrected chi connectivity index (χ1v) is 9.49. The molecule has 0 spiro atoms. The fraction of sp³-hybridized carbons (Fsp3) is 0.211. The van der Waals surface area contributed by atoms with Crippen molar-refractivity contribution >= 4 is 46.5 Å². The van der Waals surface area contributed by atoms with E-state index in [1.165, 1.54) is 0 Å². The lowest BCUT2D eigenvalue weighted by molar-refractivity contribution is -0.444. The van der Waals surface area contributed by atoms with Gasteiger partial charge < -0.3 is 5.32 Å². The van der Waals surface area contributed by atoms with Crippen LogP contribution in [0.4, 0.5) is 17.1 Å². The summed E-state index contributed by atoms with van der Waals surface area (Å²) < 4.78 is 0. The van der Waals surface area contributed by atoms with Crippen LogP contribution in [0.5, 0.6) is 0 Å². The molecule has 0 bridgehead atoms. The van der Waals surface area contributed by atoms with E-state index in [-0.39, 0.29) is 5.91 Å². The topological polar surface area (TPSA) is 105 Å². The second-order valence-electron chi connectivity index (χ2n) is 6.43. The first kappa shape index (κ1) is 18.1. The maximum Gasteiger partial charge on any atom is 0.348 e. The van der Waals surface area contributed by atoms with Gasteiger partial charge in [0.1, 0.15) is 5.69 Å². The Hall–Kier alpha value is -3.26. The fourth-order valence-electron chi connectivity index (χ4n) is 2.93. The minimum absolute atomic E-state index is 0.193. The van der Waals surface area contributed by atoms with E-state index < -0.39 is 0 Å². The summed E-state index contributed by atoms with van der Waals surface area (Å²) in [7, 11) is 0. The summed E-state index contributed by atoms with van der Waals surface area (Å²) in [6, 6.07) is 12.6. The molecule has 2 heterocycles. The summed E-state index contributed by atoms with van der Waals surface area (Å²) in [5, 5.41) is 16.2. The molecule has 4 rings (SSSR count). The smallest absolute Gasteiger partial charge is 0.322 e. The lowest BCUT2D eigenvalue weighted by atomic mass is 10.2. The molecule has 0 radical (unpaired) electrons. The van der Waals surface area contributed by atoms with Gasteiger partial charge in [0, 0.05) is 11.3 Å². The number of hydrogen-bond acceptors (Lipinski definition) is 5. The number of anilines is 3. The molecule has 0 saturated carbocycles. The van der Waals surface area contributed by atoms with Crippen LogP contribution >= 0.6 is 11.6 Å². The van der Waals surface area contributed by atoms with Crippen molar-refractivity contribution in [2.24, 2.45) is 0 Å². The quantitative estimate of drug-likeness (QED) is 0.339. The van der Waals surface area contributed by atoms with Crippen molar-refractivity contribution < 1.29 is 14.8 Å². The Kier molecular flexibility index (Phi) is 5.29. The Bertz CT molecular complexity index is 940. The van der Waals surface area contributed by atoms with Crippen LogP contribution in [0.1, 0.15) is 10.4 Å². The molecule has 144 valence electrons. The number of benzene rings is 2. The van der Waals surface area contributed by atoms with Gasteiger partial charge in [-0.3, -0.25) is 25.4 Å². The maximum atomic E-state index is 12.5. The lowest BCUT2D eigenvalue weighted by Gasteiger charge is -2.08. The average molecular weight is 400 g/mol. The molecule has 2 aromatic rings. The Morgan fingerprint density at radius 1 is 0.893 bits per heavy atom. The number of nitrogens with one attached hydrogen (secondary N) is 7. The van der Waals surface area contributed by atoms with Gasteiger partial charge in [0.2, 0.25) is 0 Å². The van der Waals surface area contributed by atoms with Gasteiger partial charge in [-0.2, -0.15) is 0 Å². The molecule has 0 unspecified atom stereocenters. The summed E-state index contributed by atoms with van der Waals surface area (Å²) in [6.45, 7) is 3.53. The minimum Gasteiger partial charge on any atom is -0.322 e. The summed E-state index contributed by atoms with van der Waals surface area (Å²) >= 11 is 6.33. The summed E-state index contributed by atoms with van der Waals surface area (Å²) in [5.74, 6) is 1.51. The van der Waals surface area contributed by atoms with E-state index in [9.17, 15) is 4.79 Å². The molecule has 0 fully saturated rings. The third kappa shape index (κ3) is 4.34. The molecular weight excluding hydrogens is 378 g/mol. The van der Waals surface area contributed by atoms with Crippen molar-refractivity contribution in [1.29, 1.82) is 0 Å². The van der Waals surface area contributed by atoms with E-state index >= 15 is 0 Å². The molecule has 28 heavy (non-hydrogen) atoms. The third-order valence-corrected chi connectivity index (χ3v) is 4.67. The largest absolute Gasteiger partial charge is 0.348 e. The van der Waals surface area contributed by atoms with Crippen LogP contribution in [-0.2, 0) is 0 Å². The highest BCUT2D eigenvalue weighted by molar-refractivity contribution is 6.34.